The van der Waals surface area contributed by atoms with E-state index >= 15 is 0 Å². The van der Waals surface area contributed by atoms with Gasteiger partial charge in [-0.3, -0.25) is 9.20 Å². The highest BCUT2D eigenvalue weighted by Gasteiger charge is 2.16. The van der Waals surface area contributed by atoms with Crippen LogP contribution in [0.15, 0.2) is 29.6 Å². The summed E-state index contributed by atoms with van der Waals surface area (Å²) < 4.78 is 14.8. The predicted octanol–water partition coefficient (Wildman–Crippen LogP) is 3.14. The summed E-state index contributed by atoms with van der Waals surface area (Å²) in [5.41, 5.74) is 3.14. The van der Waals surface area contributed by atoms with Crippen LogP contribution in [0.4, 0.5) is 4.39 Å². The highest BCUT2D eigenvalue weighted by atomic mass is 32.1. The van der Waals surface area contributed by atoms with Gasteiger partial charge in [-0.25, -0.2) is 9.37 Å². The SMILES string of the molecule is Cc1c(-c2ccc(F)cc2)nc2scc(CC(=O)O)n12. The van der Waals surface area contributed by atoms with Gasteiger partial charge in [0, 0.05) is 22.3 Å². The monoisotopic (exact) mass is 290 g/mol. The van der Waals surface area contributed by atoms with Gasteiger partial charge in [0.2, 0.25) is 0 Å². The summed E-state index contributed by atoms with van der Waals surface area (Å²) in [7, 11) is 0. The number of benzene rings is 1. The molecule has 0 aliphatic carbocycles. The van der Waals surface area contributed by atoms with Gasteiger partial charge in [0.25, 0.3) is 0 Å². The van der Waals surface area contributed by atoms with Crippen molar-refractivity contribution in [2.24, 2.45) is 0 Å². The zero-order chi connectivity index (χ0) is 14.3. The van der Waals surface area contributed by atoms with E-state index in [1.165, 1.54) is 23.5 Å². The molecule has 0 atom stereocenters. The number of rotatable bonds is 3. The number of thiazole rings is 1. The largest absolute Gasteiger partial charge is 0.481 e. The number of halogens is 1. The molecule has 0 unspecified atom stereocenters. The standard InChI is InChI=1S/C14H11FN2O2S/c1-8-13(9-2-4-10(15)5-3-9)16-14-17(8)11(7-20-14)6-12(18)19/h2-5,7H,6H2,1H3,(H,18,19). The Morgan fingerprint density at radius 2 is 2.10 bits per heavy atom. The fourth-order valence-corrected chi connectivity index (χ4v) is 3.16. The van der Waals surface area contributed by atoms with Crippen LogP contribution in [0.5, 0.6) is 0 Å². The molecule has 0 saturated carbocycles. The Kier molecular flexibility index (Phi) is 3.02. The van der Waals surface area contributed by atoms with Gasteiger partial charge in [-0.1, -0.05) is 0 Å². The molecule has 1 aromatic carbocycles. The molecule has 6 heteroatoms. The minimum Gasteiger partial charge on any atom is -0.481 e. The lowest BCUT2D eigenvalue weighted by Crippen LogP contribution is -2.03. The van der Waals surface area contributed by atoms with Crippen LogP contribution >= 0.6 is 11.3 Å². The van der Waals surface area contributed by atoms with E-state index < -0.39 is 5.97 Å². The summed E-state index contributed by atoms with van der Waals surface area (Å²) in [6, 6.07) is 6.12. The molecule has 2 heterocycles. The van der Waals surface area contributed by atoms with E-state index in [1.54, 1.807) is 17.5 Å². The quantitative estimate of drug-likeness (QED) is 0.806. The van der Waals surface area contributed by atoms with Gasteiger partial charge < -0.3 is 5.11 Å². The van der Waals surface area contributed by atoms with E-state index in [2.05, 4.69) is 4.98 Å². The Balaban J connectivity index is 2.14. The maximum atomic E-state index is 13.0. The van der Waals surface area contributed by atoms with Gasteiger partial charge in [0.05, 0.1) is 12.1 Å². The molecule has 0 fully saturated rings. The normalized spacial score (nSPS) is 11.1. The fraction of sp³-hybridized carbons (Fsp3) is 0.143. The highest BCUT2D eigenvalue weighted by Crippen LogP contribution is 2.28. The van der Waals surface area contributed by atoms with E-state index in [0.29, 0.717) is 5.69 Å². The van der Waals surface area contributed by atoms with E-state index in [9.17, 15) is 9.18 Å². The van der Waals surface area contributed by atoms with Crippen LogP contribution in [-0.4, -0.2) is 20.5 Å². The molecule has 1 N–H and O–H groups in total. The van der Waals surface area contributed by atoms with Crippen molar-refractivity contribution in [1.29, 1.82) is 0 Å². The number of carbonyl (C=O) groups is 1. The molecule has 0 bridgehead atoms. The maximum Gasteiger partial charge on any atom is 0.309 e. The average molecular weight is 290 g/mol. The maximum absolute atomic E-state index is 13.0. The van der Waals surface area contributed by atoms with Crippen molar-refractivity contribution in [2.75, 3.05) is 0 Å². The van der Waals surface area contributed by atoms with Crippen LogP contribution < -0.4 is 0 Å². The molecule has 0 spiro atoms. The Morgan fingerprint density at radius 1 is 1.40 bits per heavy atom. The Bertz CT molecular complexity index is 789. The molecule has 2 aromatic heterocycles. The summed E-state index contributed by atoms with van der Waals surface area (Å²) in [5.74, 6) is -1.17. The molecular formula is C14H11FN2O2S. The van der Waals surface area contributed by atoms with Crippen molar-refractivity contribution >= 4 is 22.3 Å². The van der Waals surface area contributed by atoms with Crippen molar-refractivity contribution in [3.63, 3.8) is 0 Å². The Morgan fingerprint density at radius 3 is 2.75 bits per heavy atom. The van der Waals surface area contributed by atoms with Gasteiger partial charge in [0.1, 0.15) is 5.82 Å². The van der Waals surface area contributed by atoms with Crippen LogP contribution in [0, 0.1) is 12.7 Å². The molecule has 0 radical (unpaired) electrons. The second-order valence-electron chi connectivity index (χ2n) is 4.47. The third-order valence-electron chi connectivity index (χ3n) is 3.11. The van der Waals surface area contributed by atoms with Gasteiger partial charge in [-0.2, -0.15) is 0 Å². The van der Waals surface area contributed by atoms with Crippen LogP contribution in [0.25, 0.3) is 16.2 Å². The zero-order valence-electron chi connectivity index (χ0n) is 10.6. The minimum absolute atomic E-state index is 0.0416. The fourth-order valence-electron chi connectivity index (χ4n) is 2.22. The van der Waals surface area contributed by atoms with Crippen molar-refractivity contribution < 1.29 is 14.3 Å². The first-order valence-electron chi connectivity index (χ1n) is 5.99. The topological polar surface area (TPSA) is 54.6 Å². The van der Waals surface area contributed by atoms with Crippen molar-refractivity contribution in [2.45, 2.75) is 13.3 Å². The summed E-state index contributed by atoms with van der Waals surface area (Å²) in [6.45, 7) is 1.89. The number of carboxylic acids is 1. The Labute approximate surface area is 118 Å². The number of hydrogen-bond acceptors (Lipinski definition) is 3. The van der Waals surface area contributed by atoms with Crippen molar-refractivity contribution in [3.8, 4) is 11.3 Å². The number of imidazole rings is 1. The lowest BCUT2D eigenvalue weighted by atomic mass is 10.1. The van der Waals surface area contributed by atoms with E-state index in [1.807, 2.05) is 11.3 Å². The van der Waals surface area contributed by atoms with Crippen LogP contribution in [0.1, 0.15) is 11.4 Å². The third-order valence-corrected chi connectivity index (χ3v) is 3.99. The minimum atomic E-state index is -0.874. The predicted molar refractivity (Wildman–Crippen MR) is 74.5 cm³/mol. The molecule has 102 valence electrons. The first kappa shape index (κ1) is 12.8. The summed E-state index contributed by atoms with van der Waals surface area (Å²) in [4.78, 5) is 16.1. The number of hydrogen-bond donors (Lipinski definition) is 1. The molecule has 4 nitrogen and oxygen atoms in total. The zero-order valence-corrected chi connectivity index (χ0v) is 11.4. The third kappa shape index (κ3) is 2.08. The molecular weight excluding hydrogens is 279 g/mol. The number of carboxylic acid groups (broad SMARTS) is 1. The molecule has 20 heavy (non-hydrogen) atoms. The number of nitrogens with zero attached hydrogens (tertiary/aromatic N) is 2. The molecule has 0 aliphatic rings. The summed E-state index contributed by atoms with van der Waals surface area (Å²) >= 11 is 1.40. The van der Waals surface area contributed by atoms with E-state index in [-0.39, 0.29) is 12.2 Å². The van der Waals surface area contributed by atoms with Crippen LogP contribution in [0.3, 0.4) is 0 Å². The second-order valence-corrected chi connectivity index (χ2v) is 5.30. The lowest BCUT2D eigenvalue weighted by molar-refractivity contribution is -0.136. The number of aliphatic carboxylic acids is 1. The molecule has 0 saturated heterocycles. The second kappa shape index (κ2) is 4.72. The highest BCUT2D eigenvalue weighted by molar-refractivity contribution is 7.15. The van der Waals surface area contributed by atoms with Gasteiger partial charge >= 0.3 is 5.97 Å². The van der Waals surface area contributed by atoms with Crippen LogP contribution in [-0.2, 0) is 11.2 Å². The van der Waals surface area contributed by atoms with Gasteiger partial charge in [0.15, 0.2) is 4.96 Å². The first-order valence-corrected chi connectivity index (χ1v) is 6.87. The van der Waals surface area contributed by atoms with E-state index in [0.717, 1.165) is 21.9 Å². The molecule has 3 rings (SSSR count). The van der Waals surface area contributed by atoms with Gasteiger partial charge in [-0.15, -0.1) is 11.3 Å². The first-order chi connectivity index (χ1) is 9.56. The summed E-state index contributed by atoms with van der Waals surface area (Å²) in [6.07, 6.45) is -0.0416. The number of aromatic nitrogens is 2. The van der Waals surface area contributed by atoms with Crippen LogP contribution in [0.2, 0.25) is 0 Å². The molecule has 0 aliphatic heterocycles. The number of aryl methyl sites for hydroxylation is 1. The van der Waals surface area contributed by atoms with Crippen molar-refractivity contribution in [3.05, 3.63) is 46.9 Å². The Hall–Kier alpha value is -2.21. The lowest BCUT2D eigenvalue weighted by Gasteiger charge is -2.01. The molecule has 3 aromatic rings. The van der Waals surface area contributed by atoms with E-state index in [4.69, 9.17) is 5.11 Å². The molecule has 0 amide bonds. The average Bonchev–Trinajstić information content (AvgIpc) is 2.92. The smallest absolute Gasteiger partial charge is 0.309 e. The summed E-state index contributed by atoms with van der Waals surface area (Å²) in [5, 5.41) is 10.7. The van der Waals surface area contributed by atoms with Gasteiger partial charge in [-0.05, 0) is 31.2 Å². The number of fused-ring (bicyclic) bond motifs is 1. The van der Waals surface area contributed by atoms with Crippen molar-refractivity contribution in [1.82, 2.24) is 9.38 Å².